The van der Waals surface area contributed by atoms with E-state index in [0.717, 1.165) is 19.3 Å². The Morgan fingerprint density at radius 2 is 2.25 bits per heavy atom. The van der Waals surface area contributed by atoms with E-state index in [4.69, 9.17) is 16.0 Å². The van der Waals surface area contributed by atoms with Crippen molar-refractivity contribution in [3.05, 3.63) is 41.2 Å². The van der Waals surface area contributed by atoms with Crippen molar-refractivity contribution < 1.29 is 14.3 Å². The van der Waals surface area contributed by atoms with Gasteiger partial charge < -0.3 is 14.4 Å². The van der Waals surface area contributed by atoms with Gasteiger partial charge in [0.1, 0.15) is 6.26 Å². The van der Waals surface area contributed by atoms with Crippen LogP contribution in [0.5, 0.6) is 0 Å². The third kappa shape index (κ3) is 3.19. The first-order valence-electron chi connectivity index (χ1n) is 8.19. The molecular formula is C18H21ClN2O3. The molecule has 0 spiro atoms. The van der Waals surface area contributed by atoms with Gasteiger partial charge in [0.05, 0.1) is 17.2 Å². The smallest absolute Gasteiger partial charge is 0.275 e. The molecule has 0 aliphatic carbocycles. The Labute approximate surface area is 146 Å². The average molecular weight is 349 g/mol. The molecule has 1 fully saturated rings. The van der Waals surface area contributed by atoms with Crippen LogP contribution in [0.4, 0.5) is 0 Å². The van der Waals surface area contributed by atoms with Gasteiger partial charge in [-0.3, -0.25) is 4.79 Å². The van der Waals surface area contributed by atoms with Crippen LogP contribution in [0.2, 0.25) is 5.02 Å². The van der Waals surface area contributed by atoms with Gasteiger partial charge in [0, 0.05) is 18.5 Å². The molecule has 1 amide bonds. The number of hydrogen-bond acceptors (Lipinski definition) is 4. The largest absolute Gasteiger partial charge is 0.444 e. The van der Waals surface area contributed by atoms with Gasteiger partial charge in [0.15, 0.2) is 5.69 Å². The first-order chi connectivity index (χ1) is 11.6. The van der Waals surface area contributed by atoms with E-state index in [1.165, 1.54) is 6.26 Å². The fourth-order valence-corrected chi connectivity index (χ4v) is 3.56. The van der Waals surface area contributed by atoms with Gasteiger partial charge >= 0.3 is 0 Å². The zero-order valence-corrected chi connectivity index (χ0v) is 14.4. The SMILES string of the molecule is CCCC1(CO)CCN(C(=O)c2coc(-c3ccccc3Cl)n2)C1. The molecule has 5 nitrogen and oxygen atoms in total. The van der Waals surface area contributed by atoms with E-state index in [1.54, 1.807) is 17.0 Å². The number of carbonyl (C=O) groups is 1. The van der Waals surface area contributed by atoms with Gasteiger partial charge in [-0.15, -0.1) is 0 Å². The lowest BCUT2D eigenvalue weighted by molar-refractivity contribution is 0.0724. The summed E-state index contributed by atoms with van der Waals surface area (Å²) in [5, 5.41) is 10.2. The number of aromatic nitrogens is 1. The van der Waals surface area contributed by atoms with E-state index in [2.05, 4.69) is 11.9 Å². The second-order valence-electron chi connectivity index (χ2n) is 6.40. The maximum absolute atomic E-state index is 12.7. The van der Waals surface area contributed by atoms with Crippen LogP contribution in [-0.2, 0) is 0 Å². The molecule has 3 rings (SSSR count). The van der Waals surface area contributed by atoms with Gasteiger partial charge in [0.2, 0.25) is 5.89 Å². The van der Waals surface area contributed by atoms with Crippen molar-refractivity contribution >= 4 is 17.5 Å². The summed E-state index contributed by atoms with van der Waals surface area (Å²) in [5.41, 5.74) is 0.755. The number of carbonyl (C=O) groups excluding carboxylic acids is 1. The van der Waals surface area contributed by atoms with Gasteiger partial charge in [-0.05, 0) is 25.0 Å². The van der Waals surface area contributed by atoms with Crippen molar-refractivity contribution in [2.45, 2.75) is 26.2 Å². The molecule has 1 N–H and O–H groups in total. The number of aliphatic hydroxyl groups is 1. The molecular weight excluding hydrogens is 328 g/mol. The van der Waals surface area contributed by atoms with Crippen LogP contribution >= 0.6 is 11.6 Å². The first-order valence-corrected chi connectivity index (χ1v) is 8.57. The standard InChI is InChI=1S/C18H21ClN2O3/c1-2-7-18(12-22)8-9-21(11-18)17(23)15-10-24-16(20-15)13-5-3-4-6-14(13)19/h3-6,10,22H,2,7-9,11-12H2,1H3. The highest BCUT2D eigenvalue weighted by Gasteiger charge is 2.39. The minimum atomic E-state index is -0.181. The first kappa shape index (κ1) is 17.0. The van der Waals surface area contributed by atoms with Crippen molar-refractivity contribution in [1.29, 1.82) is 0 Å². The van der Waals surface area contributed by atoms with E-state index in [-0.39, 0.29) is 23.6 Å². The maximum Gasteiger partial charge on any atom is 0.275 e. The highest BCUT2D eigenvalue weighted by Crippen LogP contribution is 2.35. The minimum absolute atomic E-state index is 0.105. The lowest BCUT2D eigenvalue weighted by Gasteiger charge is -2.26. The third-order valence-corrected chi connectivity index (χ3v) is 5.00. The van der Waals surface area contributed by atoms with Crippen LogP contribution in [0.25, 0.3) is 11.5 Å². The fraction of sp³-hybridized carbons (Fsp3) is 0.444. The highest BCUT2D eigenvalue weighted by molar-refractivity contribution is 6.33. The Morgan fingerprint density at radius 3 is 2.96 bits per heavy atom. The summed E-state index contributed by atoms with van der Waals surface area (Å²) in [7, 11) is 0. The third-order valence-electron chi connectivity index (χ3n) is 4.67. The molecule has 1 saturated heterocycles. The Bertz CT molecular complexity index is 731. The van der Waals surface area contributed by atoms with Crippen molar-refractivity contribution in [2.24, 2.45) is 5.41 Å². The van der Waals surface area contributed by atoms with Gasteiger partial charge in [-0.25, -0.2) is 4.98 Å². The van der Waals surface area contributed by atoms with Crippen molar-refractivity contribution in [1.82, 2.24) is 9.88 Å². The van der Waals surface area contributed by atoms with E-state index >= 15 is 0 Å². The Morgan fingerprint density at radius 1 is 1.46 bits per heavy atom. The molecule has 1 unspecified atom stereocenters. The molecule has 6 heteroatoms. The normalized spacial score (nSPS) is 20.5. The summed E-state index contributed by atoms with van der Waals surface area (Å²) >= 11 is 6.14. The van der Waals surface area contributed by atoms with Gasteiger partial charge in [-0.2, -0.15) is 0 Å². The van der Waals surface area contributed by atoms with Crippen LogP contribution in [0.3, 0.4) is 0 Å². The number of likely N-dealkylation sites (tertiary alicyclic amines) is 1. The summed E-state index contributed by atoms with van der Waals surface area (Å²) in [4.78, 5) is 18.7. The van der Waals surface area contributed by atoms with E-state index in [9.17, 15) is 9.90 Å². The zero-order valence-electron chi connectivity index (χ0n) is 13.7. The summed E-state index contributed by atoms with van der Waals surface area (Å²) in [6.07, 6.45) is 4.10. The molecule has 1 aliphatic heterocycles. The number of amides is 1. The molecule has 1 aromatic carbocycles. The summed E-state index contributed by atoms with van der Waals surface area (Å²) in [6, 6.07) is 7.22. The van der Waals surface area contributed by atoms with Crippen molar-refractivity contribution in [3.8, 4) is 11.5 Å². The molecule has 0 bridgehead atoms. The molecule has 2 aromatic rings. The summed E-state index contributed by atoms with van der Waals surface area (Å²) in [5.74, 6) is 0.175. The van der Waals surface area contributed by atoms with E-state index < -0.39 is 0 Å². The number of nitrogens with zero attached hydrogens (tertiary/aromatic N) is 2. The minimum Gasteiger partial charge on any atom is -0.444 e. The Balaban J connectivity index is 1.77. The fourth-order valence-electron chi connectivity index (χ4n) is 3.34. The molecule has 1 atom stereocenters. The molecule has 1 aliphatic rings. The second kappa shape index (κ2) is 6.95. The molecule has 0 radical (unpaired) electrons. The average Bonchev–Trinajstić information content (AvgIpc) is 3.23. The molecule has 128 valence electrons. The molecule has 2 heterocycles. The molecule has 24 heavy (non-hydrogen) atoms. The predicted octanol–water partition coefficient (Wildman–Crippen LogP) is 3.62. The number of halogens is 1. The van der Waals surface area contributed by atoms with Crippen LogP contribution in [0, 0.1) is 5.41 Å². The maximum atomic E-state index is 12.7. The van der Waals surface area contributed by atoms with Gasteiger partial charge in [-0.1, -0.05) is 37.1 Å². The van der Waals surface area contributed by atoms with Crippen molar-refractivity contribution in [3.63, 3.8) is 0 Å². The number of oxazole rings is 1. The number of aliphatic hydroxyl groups excluding tert-OH is 1. The van der Waals surface area contributed by atoms with E-state index in [1.807, 2.05) is 12.1 Å². The lowest BCUT2D eigenvalue weighted by Crippen LogP contribution is -2.34. The number of hydrogen-bond donors (Lipinski definition) is 1. The van der Waals surface area contributed by atoms with Crippen LogP contribution in [0.15, 0.2) is 34.9 Å². The molecule has 1 aromatic heterocycles. The Kier molecular flexibility index (Phi) is 4.92. The Hall–Kier alpha value is -1.85. The topological polar surface area (TPSA) is 66.6 Å². The zero-order chi connectivity index (χ0) is 17.2. The van der Waals surface area contributed by atoms with E-state index in [0.29, 0.717) is 29.6 Å². The lowest BCUT2D eigenvalue weighted by atomic mass is 9.83. The summed E-state index contributed by atoms with van der Waals surface area (Å²) < 4.78 is 5.45. The van der Waals surface area contributed by atoms with Crippen LogP contribution in [0.1, 0.15) is 36.7 Å². The summed E-state index contributed by atoms with van der Waals surface area (Å²) in [6.45, 7) is 3.39. The second-order valence-corrected chi connectivity index (χ2v) is 6.81. The van der Waals surface area contributed by atoms with Crippen LogP contribution < -0.4 is 0 Å². The predicted molar refractivity (Wildman–Crippen MR) is 91.9 cm³/mol. The number of benzene rings is 1. The number of rotatable bonds is 5. The van der Waals surface area contributed by atoms with Crippen molar-refractivity contribution in [2.75, 3.05) is 19.7 Å². The monoisotopic (exact) mass is 348 g/mol. The molecule has 0 saturated carbocycles. The van der Waals surface area contributed by atoms with Gasteiger partial charge in [0.25, 0.3) is 5.91 Å². The quantitative estimate of drug-likeness (QED) is 0.896. The highest BCUT2D eigenvalue weighted by atomic mass is 35.5. The van der Waals surface area contributed by atoms with Crippen LogP contribution in [-0.4, -0.2) is 40.6 Å².